The third-order valence-electron chi connectivity index (χ3n) is 3.38. The highest BCUT2D eigenvalue weighted by Gasteiger charge is 2.07. The van der Waals surface area contributed by atoms with Crippen molar-refractivity contribution in [3.63, 3.8) is 0 Å². The van der Waals surface area contributed by atoms with Gasteiger partial charge in [0, 0.05) is 12.4 Å². The van der Waals surface area contributed by atoms with Crippen LogP contribution >= 0.6 is 0 Å². The Balaban J connectivity index is 1.73. The van der Waals surface area contributed by atoms with Crippen molar-refractivity contribution in [2.75, 3.05) is 0 Å². The van der Waals surface area contributed by atoms with Crippen molar-refractivity contribution in [3.8, 4) is 5.82 Å². The molecule has 0 radical (unpaired) electrons. The number of carboxylic acids is 1. The molecule has 110 valence electrons. The maximum absolute atomic E-state index is 11.0. The van der Waals surface area contributed by atoms with Crippen molar-refractivity contribution >= 4 is 5.97 Å². The first-order chi connectivity index (χ1) is 10.7. The van der Waals surface area contributed by atoms with Crippen molar-refractivity contribution in [1.29, 1.82) is 0 Å². The summed E-state index contributed by atoms with van der Waals surface area (Å²) in [6.07, 6.45) is 5.02. The van der Waals surface area contributed by atoms with Crippen LogP contribution in [0, 0.1) is 0 Å². The second-order valence-electron chi connectivity index (χ2n) is 4.95. The minimum atomic E-state index is -0.972. The fourth-order valence-electron chi connectivity index (χ4n) is 2.22. The van der Waals surface area contributed by atoms with Gasteiger partial charge in [-0.05, 0) is 36.6 Å². The summed E-state index contributed by atoms with van der Waals surface area (Å²) in [5.74, 6) is -0.467. The van der Waals surface area contributed by atoms with Gasteiger partial charge in [0.1, 0.15) is 0 Å². The molecule has 2 aromatic heterocycles. The number of carboxylic acid groups (broad SMARTS) is 1. The lowest BCUT2D eigenvalue weighted by atomic mass is 10.1. The second-order valence-corrected chi connectivity index (χ2v) is 4.95. The van der Waals surface area contributed by atoms with Crippen LogP contribution in [0.15, 0.2) is 60.9 Å². The van der Waals surface area contributed by atoms with Crippen LogP contribution in [0.1, 0.15) is 21.6 Å². The van der Waals surface area contributed by atoms with E-state index in [4.69, 9.17) is 5.11 Å². The molecule has 1 aromatic carbocycles. The Labute approximate surface area is 127 Å². The third-order valence-corrected chi connectivity index (χ3v) is 3.38. The Bertz CT molecular complexity index is 781. The van der Waals surface area contributed by atoms with Gasteiger partial charge >= 0.3 is 5.97 Å². The molecule has 0 atom stereocenters. The Morgan fingerprint density at radius 1 is 1.09 bits per heavy atom. The summed E-state index contributed by atoms with van der Waals surface area (Å²) in [6, 6.07) is 15.1. The monoisotopic (exact) mass is 293 g/mol. The van der Waals surface area contributed by atoms with E-state index in [2.05, 4.69) is 22.2 Å². The normalized spacial score (nSPS) is 10.5. The van der Waals surface area contributed by atoms with Gasteiger partial charge in [0.2, 0.25) is 0 Å². The molecular weight excluding hydrogens is 278 g/mol. The standard InChI is InChI=1S/C17H15N3O2/c21-17(22)14-8-10-18-16(12-14)20-11-9-15(19-20)7-6-13-4-2-1-3-5-13/h1-5,8-12H,6-7H2,(H,21,22). The molecule has 0 saturated heterocycles. The highest BCUT2D eigenvalue weighted by Crippen LogP contribution is 2.10. The molecule has 0 unspecified atom stereocenters. The quantitative estimate of drug-likeness (QED) is 0.785. The largest absolute Gasteiger partial charge is 0.478 e. The average Bonchev–Trinajstić information content (AvgIpc) is 3.03. The molecule has 5 nitrogen and oxygen atoms in total. The van der Waals surface area contributed by atoms with Crippen LogP contribution in [-0.4, -0.2) is 25.8 Å². The van der Waals surface area contributed by atoms with E-state index in [-0.39, 0.29) is 5.56 Å². The number of carbonyl (C=O) groups is 1. The topological polar surface area (TPSA) is 68.0 Å². The zero-order chi connectivity index (χ0) is 15.4. The van der Waals surface area contributed by atoms with Gasteiger partial charge in [-0.25, -0.2) is 14.5 Å². The van der Waals surface area contributed by atoms with Crippen molar-refractivity contribution in [2.45, 2.75) is 12.8 Å². The fraction of sp³-hybridized carbons (Fsp3) is 0.118. The maximum atomic E-state index is 11.0. The molecule has 0 aliphatic rings. The first-order valence-electron chi connectivity index (χ1n) is 7.00. The van der Waals surface area contributed by atoms with Crippen LogP contribution in [0.25, 0.3) is 5.82 Å². The predicted molar refractivity (Wildman–Crippen MR) is 82.2 cm³/mol. The number of pyridine rings is 1. The Kier molecular flexibility index (Phi) is 3.96. The summed E-state index contributed by atoms with van der Waals surface area (Å²) in [6.45, 7) is 0. The lowest BCUT2D eigenvalue weighted by Crippen LogP contribution is -2.03. The molecule has 0 aliphatic heterocycles. The predicted octanol–water partition coefficient (Wildman–Crippen LogP) is 2.75. The summed E-state index contributed by atoms with van der Waals surface area (Å²) < 4.78 is 1.60. The number of hydrogen-bond donors (Lipinski definition) is 1. The van der Waals surface area contributed by atoms with E-state index in [1.54, 1.807) is 10.9 Å². The molecule has 5 heteroatoms. The number of aromatic carboxylic acids is 1. The zero-order valence-electron chi connectivity index (χ0n) is 11.9. The van der Waals surface area contributed by atoms with E-state index in [0.29, 0.717) is 5.82 Å². The summed E-state index contributed by atoms with van der Waals surface area (Å²) in [7, 11) is 0. The maximum Gasteiger partial charge on any atom is 0.335 e. The first-order valence-corrected chi connectivity index (χ1v) is 7.00. The van der Waals surface area contributed by atoms with Crippen LogP contribution in [0.2, 0.25) is 0 Å². The number of aromatic nitrogens is 3. The molecule has 0 amide bonds. The van der Waals surface area contributed by atoms with Gasteiger partial charge in [-0.15, -0.1) is 0 Å². The molecule has 3 aromatic rings. The lowest BCUT2D eigenvalue weighted by Gasteiger charge is -2.02. The van der Waals surface area contributed by atoms with E-state index in [0.717, 1.165) is 18.5 Å². The van der Waals surface area contributed by atoms with E-state index >= 15 is 0 Å². The zero-order valence-corrected chi connectivity index (χ0v) is 11.9. The van der Waals surface area contributed by atoms with Gasteiger partial charge in [-0.1, -0.05) is 30.3 Å². The molecule has 1 N–H and O–H groups in total. The van der Waals surface area contributed by atoms with E-state index < -0.39 is 5.97 Å². The van der Waals surface area contributed by atoms with Gasteiger partial charge in [0.15, 0.2) is 5.82 Å². The Hall–Kier alpha value is -2.95. The minimum Gasteiger partial charge on any atom is -0.478 e. The molecule has 22 heavy (non-hydrogen) atoms. The molecule has 0 aliphatic carbocycles. The number of benzene rings is 1. The van der Waals surface area contributed by atoms with Crippen LogP contribution in [-0.2, 0) is 12.8 Å². The number of aryl methyl sites for hydroxylation is 2. The Morgan fingerprint density at radius 2 is 1.91 bits per heavy atom. The van der Waals surface area contributed by atoms with E-state index in [1.807, 2.05) is 24.3 Å². The molecule has 0 fully saturated rings. The summed E-state index contributed by atoms with van der Waals surface area (Å²) in [4.78, 5) is 15.2. The second kappa shape index (κ2) is 6.22. The first kappa shape index (κ1) is 14.0. The molecule has 0 saturated carbocycles. The fourth-order valence-corrected chi connectivity index (χ4v) is 2.22. The third kappa shape index (κ3) is 3.20. The smallest absolute Gasteiger partial charge is 0.335 e. The number of rotatable bonds is 5. The highest BCUT2D eigenvalue weighted by atomic mass is 16.4. The van der Waals surface area contributed by atoms with Crippen LogP contribution in [0.3, 0.4) is 0 Å². The highest BCUT2D eigenvalue weighted by molar-refractivity contribution is 5.87. The number of nitrogens with zero attached hydrogens (tertiary/aromatic N) is 3. The van der Waals surface area contributed by atoms with Gasteiger partial charge in [-0.2, -0.15) is 5.10 Å². The Morgan fingerprint density at radius 3 is 2.68 bits per heavy atom. The van der Waals surface area contributed by atoms with Gasteiger partial charge in [-0.3, -0.25) is 0 Å². The average molecular weight is 293 g/mol. The van der Waals surface area contributed by atoms with Gasteiger partial charge in [0.25, 0.3) is 0 Å². The SMILES string of the molecule is O=C(O)c1ccnc(-n2ccc(CCc3ccccc3)n2)c1. The summed E-state index contributed by atoms with van der Waals surface area (Å²) in [5.41, 5.74) is 2.42. The number of hydrogen-bond acceptors (Lipinski definition) is 3. The molecule has 0 spiro atoms. The van der Waals surface area contributed by atoms with Crippen molar-refractivity contribution in [2.24, 2.45) is 0 Å². The van der Waals surface area contributed by atoms with Crippen molar-refractivity contribution in [3.05, 3.63) is 77.7 Å². The van der Waals surface area contributed by atoms with Crippen molar-refractivity contribution in [1.82, 2.24) is 14.8 Å². The molecule has 2 heterocycles. The van der Waals surface area contributed by atoms with Crippen molar-refractivity contribution < 1.29 is 9.90 Å². The van der Waals surface area contributed by atoms with Gasteiger partial charge in [0.05, 0.1) is 11.3 Å². The molecule has 0 bridgehead atoms. The van der Waals surface area contributed by atoms with E-state index in [1.165, 1.54) is 23.9 Å². The summed E-state index contributed by atoms with van der Waals surface area (Å²) in [5, 5.41) is 13.5. The van der Waals surface area contributed by atoms with Gasteiger partial charge < -0.3 is 5.11 Å². The lowest BCUT2D eigenvalue weighted by molar-refractivity contribution is 0.0696. The minimum absolute atomic E-state index is 0.200. The van der Waals surface area contributed by atoms with E-state index in [9.17, 15) is 4.79 Å². The summed E-state index contributed by atoms with van der Waals surface area (Å²) >= 11 is 0. The van der Waals surface area contributed by atoms with Crippen LogP contribution in [0.5, 0.6) is 0 Å². The molecular formula is C17H15N3O2. The van der Waals surface area contributed by atoms with Crippen LogP contribution < -0.4 is 0 Å². The van der Waals surface area contributed by atoms with Crippen LogP contribution in [0.4, 0.5) is 0 Å². The molecule has 3 rings (SSSR count).